The van der Waals surface area contributed by atoms with Crippen LogP contribution in [-0.2, 0) is 9.53 Å². The van der Waals surface area contributed by atoms with Crippen LogP contribution in [0.1, 0.15) is 6.42 Å². The molecule has 29 heavy (non-hydrogen) atoms. The van der Waals surface area contributed by atoms with Crippen molar-refractivity contribution < 1.29 is 27.5 Å². The Morgan fingerprint density at radius 2 is 1.93 bits per heavy atom. The van der Waals surface area contributed by atoms with Crippen LogP contribution >= 0.6 is 0 Å². The van der Waals surface area contributed by atoms with Crippen LogP contribution < -0.4 is 15.5 Å². The first kappa shape index (κ1) is 19.2. The van der Waals surface area contributed by atoms with Crippen LogP contribution in [0, 0.1) is 11.6 Å². The molecule has 2 aliphatic rings. The molecular formula is C19H17F3N4O3. The molecule has 0 bridgehead atoms. The molecule has 0 spiro atoms. The average Bonchev–Trinajstić information content (AvgIpc) is 3.26. The highest BCUT2D eigenvalue weighted by Gasteiger charge is 2.35. The molecule has 2 fully saturated rings. The molecule has 1 aromatic carbocycles. The van der Waals surface area contributed by atoms with E-state index in [1.165, 1.54) is 35.4 Å². The van der Waals surface area contributed by atoms with E-state index in [-0.39, 0.29) is 48.7 Å². The lowest BCUT2D eigenvalue weighted by Gasteiger charge is -2.17. The molecule has 10 heteroatoms. The van der Waals surface area contributed by atoms with Crippen LogP contribution in [-0.4, -0.2) is 48.9 Å². The number of hydrogen-bond donors (Lipinski definition) is 1. The maximum Gasteiger partial charge on any atom is 0.414 e. The number of rotatable bonds is 4. The van der Waals surface area contributed by atoms with E-state index in [0.717, 1.165) is 4.90 Å². The minimum absolute atomic E-state index is 0.0285. The van der Waals surface area contributed by atoms with Gasteiger partial charge in [0.2, 0.25) is 0 Å². The van der Waals surface area contributed by atoms with Gasteiger partial charge in [-0.15, -0.1) is 0 Å². The number of anilines is 2. The standard InChI is InChI=1S/C19H17F3N4O3/c20-13-5-6-25(18(13)27)15-4-1-10(8-24-15)12-2-3-14(17(22)16(12)21)26-9-11(7-23)29-19(26)28/h1-4,8,11,13H,5-7,9,23H2. The van der Waals surface area contributed by atoms with Gasteiger partial charge in [-0.3, -0.25) is 14.6 Å². The van der Waals surface area contributed by atoms with E-state index in [0.29, 0.717) is 0 Å². The van der Waals surface area contributed by atoms with Crippen LogP contribution in [0.3, 0.4) is 0 Å². The number of cyclic esters (lactones) is 1. The smallest absolute Gasteiger partial charge is 0.414 e. The van der Waals surface area contributed by atoms with Gasteiger partial charge in [-0.05, 0) is 24.3 Å². The van der Waals surface area contributed by atoms with Crippen molar-refractivity contribution >= 4 is 23.5 Å². The SMILES string of the molecule is NCC1CN(c2ccc(-c3ccc(N4CCC(F)C4=O)nc3)c(F)c2F)C(=O)O1. The third-order valence-corrected chi connectivity index (χ3v) is 4.97. The highest BCUT2D eigenvalue weighted by molar-refractivity contribution is 5.98. The van der Waals surface area contributed by atoms with Crippen molar-refractivity contribution in [1.82, 2.24) is 4.98 Å². The number of nitrogens with zero attached hydrogens (tertiary/aromatic N) is 3. The highest BCUT2D eigenvalue weighted by atomic mass is 19.2. The predicted octanol–water partition coefficient (Wildman–Crippen LogP) is 2.39. The van der Waals surface area contributed by atoms with Gasteiger partial charge in [0.05, 0.1) is 12.2 Å². The Kier molecular flexibility index (Phi) is 4.87. The second-order valence-electron chi connectivity index (χ2n) is 6.76. The first-order valence-corrected chi connectivity index (χ1v) is 8.98. The third-order valence-electron chi connectivity index (χ3n) is 4.97. The number of carbonyl (C=O) groups excluding carboxylic acids is 2. The molecule has 2 atom stereocenters. The first-order chi connectivity index (χ1) is 13.9. The average molecular weight is 406 g/mol. The van der Waals surface area contributed by atoms with Crippen LogP contribution in [0.5, 0.6) is 0 Å². The normalized spacial score (nSPS) is 21.8. The summed E-state index contributed by atoms with van der Waals surface area (Å²) < 4.78 is 47.7. The first-order valence-electron chi connectivity index (χ1n) is 8.98. The Labute approximate surface area is 163 Å². The molecule has 0 aliphatic carbocycles. The van der Waals surface area contributed by atoms with Crippen LogP contribution in [0.25, 0.3) is 11.1 Å². The molecule has 2 aromatic rings. The van der Waals surface area contributed by atoms with Gasteiger partial charge in [-0.25, -0.2) is 22.9 Å². The fraction of sp³-hybridized carbons (Fsp3) is 0.316. The lowest BCUT2D eigenvalue weighted by Crippen LogP contribution is -2.28. The van der Waals surface area contributed by atoms with Gasteiger partial charge in [-0.2, -0.15) is 0 Å². The van der Waals surface area contributed by atoms with Gasteiger partial charge in [0, 0.05) is 36.8 Å². The summed E-state index contributed by atoms with van der Waals surface area (Å²) in [5.41, 5.74) is 5.41. The topological polar surface area (TPSA) is 88.8 Å². The van der Waals surface area contributed by atoms with Crippen molar-refractivity contribution in [2.24, 2.45) is 5.73 Å². The molecule has 2 amide bonds. The second kappa shape index (κ2) is 7.36. The molecule has 2 N–H and O–H groups in total. The quantitative estimate of drug-likeness (QED) is 0.842. The summed E-state index contributed by atoms with van der Waals surface area (Å²) in [6.45, 7) is 0.311. The number of hydrogen-bond acceptors (Lipinski definition) is 5. The summed E-state index contributed by atoms with van der Waals surface area (Å²) in [7, 11) is 0. The number of pyridine rings is 1. The van der Waals surface area contributed by atoms with Gasteiger partial charge in [0.15, 0.2) is 17.8 Å². The molecule has 2 unspecified atom stereocenters. The molecule has 0 saturated carbocycles. The van der Waals surface area contributed by atoms with Crippen molar-refractivity contribution in [2.45, 2.75) is 18.7 Å². The van der Waals surface area contributed by atoms with E-state index in [2.05, 4.69) is 4.98 Å². The van der Waals surface area contributed by atoms with Gasteiger partial charge >= 0.3 is 6.09 Å². The van der Waals surface area contributed by atoms with Crippen molar-refractivity contribution in [3.05, 3.63) is 42.1 Å². The molecule has 2 aliphatic heterocycles. The molecule has 2 saturated heterocycles. The van der Waals surface area contributed by atoms with E-state index < -0.39 is 35.9 Å². The van der Waals surface area contributed by atoms with E-state index >= 15 is 0 Å². The number of benzene rings is 1. The Balaban J connectivity index is 1.60. The van der Waals surface area contributed by atoms with Gasteiger partial charge < -0.3 is 10.5 Å². The minimum Gasteiger partial charge on any atom is -0.443 e. The number of carbonyl (C=O) groups is 2. The van der Waals surface area contributed by atoms with Gasteiger partial charge in [-0.1, -0.05) is 0 Å². The lowest BCUT2D eigenvalue weighted by molar-refractivity contribution is -0.121. The Morgan fingerprint density at radius 3 is 2.52 bits per heavy atom. The third kappa shape index (κ3) is 3.29. The zero-order valence-corrected chi connectivity index (χ0v) is 15.1. The van der Waals surface area contributed by atoms with Crippen molar-refractivity contribution in [2.75, 3.05) is 29.4 Å². The summed E-state index contributed by atoms with van der Waals surface area (Å²) in [6.07, 6.45) is -1.56. The monoisotopic (exact) mass is 406 g/mol. The Morgan fingerprint density at radius 1 is 1.14 bits per heavy atom. The number of halogens is 3. The van der Waals surface area contributed by atoms with E-state index in [9.17, 15) is 22.8 Å². The molecular weight excluding hydrogens is 389 g/mol. The molecule has 1 aromatic heterocycles. The number of aromatic nitrogens is 1. The molecule has 3 heterocycles. The lowest BCUT2D eigenvalue weighted by atomic mass is 10.1. The zero-order chi connectivity index (χ0) is 20.7. The maximum atomic E-state index is 14.7. The summed E-state index contributed by atoms with van der Waals surface area (Å²) in [4.78, 5) is 29.9. The summed E-state index contributed by atoms with van der Waals surface area (Å²) >= 11 is 0. The van der Waals surface area contributed by atoms with Gasteiger partial charge in [0.1, 0.15) is 11.9 Å². The Hall–Kier alpha value is -3.14. The van der Waals surface area contributed by atoms with Crippen LogP contribution in [0.2, 0.25) is 0 Å². The summed E-state index contributed by atoms with van der Waals surface area (Å²) in [6, 6.07) is 5.51. The van der Waals surface area contributed by atoms with Crippen LogP contribution in [0.15, 0.2) is 30.5 Å². The van der Waals surface area contributed by atoms with E-state index in [1.54, 1.807) is 0 Å². The Bertz CT molecular complexity index is 970. The number of amides is 2. The largest absolute Gasteiger partial charge is 0.443 e. The highest BCUT2D eigenvalue weighted by Crippen LogP contribution is 2.33. The zero-order valence-electron chi connectivity index (χ0n) is 15.1. The minimum atomic E-state index is -1.55. The van der Waals surface area contributed by atoms with E-state index in [1.807, 2.05) is 0 Å². The number of alkyl halides is 1. The van der Waals surface area contributed by atoms with Crippen molar-refractivity contribution in [3.8, 4) is 11.1 Å². The number of nitrogens with two attached hydrogens (primary N) is 1. The molecule has 7 nitrogen and oxygen atoms in total. The predicted molar refractivity (Wildman–Crippen MR) is 98.1 cm³/mol. The number of ether oxygens (including phenoxy) is 1. The van der Waals surface area contributed by atoms with Crippen molar-refractivity contribution in [3.63, 3.8) is 0 Å². The molecule has 152 valence electrons. The van der Waals surface area contributed by atoms with Crippen LogP contribution in [0.4, 0.5) is 29.5 Å². The molecule has 4 rings (SSSR count). The summed E-state index contributed by atoms with van der Waals surface area (Å²) in [5, 5.41) is 0. The fourth-order valence-corrected chi connectivity index (χ4v) is 3.39. The maximum absolute atomic E-state index is 14.7. The van der Waals surface area contributed by atoms with Crippen molar-refractivity contribution in [1.29, 1.82) is 0 Å². The second-order valence-corrected chi connectivity index (χ2v) is 6.76. The fourth-order valence-electron chi connectivity index (χ4n) is 3.39. The van der Waals surface area contributed by atoms with E-state index in [4.69, 9.17) is 10.5 Å². The summed E-state index contributed by atoms with van der Waals surface area (Å²) in [5.74, 6) is -2.78. The van der Waals surface area contributed by atoms with Gasteiger partial charge in [0.25, 0.3) is 5.91 Å². The molecule has 0 radical (unpaired) electrons.